The molecule has 0 radical (unpaired) electrons. The fourth-order valence-corrected chi connectivity index (χ4v) is 4.68. The number of pyridine rings is 1. The zero-order chi connectivity index (χ0) is 31.1. The Morgan fingerprint density at radius 2 is 1.42 bits per heavy atom. The summed E-state index contributed by atoms with van der Waals surface area (Å²) in [6.07, 6.45) is 2.97. The maximum Gasteiger partial charge on any atom is 0.490 e. The molecule has 14 heteroatoms. The Hall–Kier alpha value is -3.91. The van der Waals surface area contributed by atoms with E-state index in [-0.39, 0.29) is 0 Å². The van der Waals surface area contributed by atoms with E-state index in [0.717, 1.165) is 57.9 Å². The minimum atomic E-state index is -5.08. The summed E-state index contributed by atoms with van der Waals surface area (Å²) in [6.45, 7) is 9.43. The number of likely N-dealkylation sites (tertiary alicyclic amines) is 1. The molecule has 236 valence electrons. The van der Waals surface area contributed by atoms with E-state index in [2.05, 4.69) is 30.3 Å². The van der Waals surface area contributed by atoms with Crippen molar-refractivity contribution in [2.24, 2.45) is 0 Å². The number of nitrogens with one attached hydrogen (secondary N) is 2. The van der Waals surface area contributed by atoms with Gasteiger partial charge in [0.1, 0.15) is 5.75 Å². The first-order chi connectivity index (χ1) is 20.6. The second-order valence-electron chi connectivity index (χ2n) is 10.2. The summed E-state index contributed by atoms with van der Waals surface area (Å²) >= 11 is 0. The smallest absolute Gasteiger partial charge is 0.490 e. The number of aromatic nitrogens is 1. The van der Waals surface area contributed by atoms with E-state index in [4.69, 9.17) is 14.6 Å². The Morgan fingerprint density at radius 1 is 0.837 bits per heavy atom. The first-order valence-corrected chi connectivity index (χ1v) is 14.3. The zero-order valence-electron chi connectivity index (χ0n) is 24.0. The SMILES string of the molecule is O=C(NCCCN1CCN(c2ccncc2)CC1)C(=O)Nc1ccc(OCCCN2CCCC2)cc1.O=C(O)C(F)(F)F. The van der Waals surface area contributed by atoms with Crippen molar-refractivity contribution in [1.82, 2.24) is 20.1 Å². The van der Waals surface area contributed by atoms with E-state index < -0.39 is 24.0 Å². The molecule has 0 unspecified atom stereocenters. The van der Waals surface area contributed by atoms with E-state index >= 15 is 0 Å². The lowest BCUT2D eigenvalue weighted by Crippen LogP contribution is -2.47. The molecule has 1 aromatic carbocycles. The lowest BCUT2D eigenvalue weighted by molar-refractivity contribution is -0.192. The molecule has 0 atom stereocenters. The van der Waals surface area contributed by atoms with Crippen molar-refractivity contribution < 1.29 is 37.4 Å². The Labute approximate surface area is 249 Å². The van der Waals surface area contributed by atoms with Gasteiger partial charge in [-0.05, 0) is 81.7 Å². The van der Waals surface area contributed by atoms with Gasteiger partial charge in [0.05, 0.1) is 6.61 Å². The number of hydrogen-bond acceptors (Lipinski definition) is 8. The number of carboxylic acid groups (broad SMARTS) is 1. The maximum atomic E-state index is 12.2. The first kappa shape index (κ1) is 33.6. The van der Waals surface area contributed by atoms with Gasteiger partial charge in [0, 0.05) is 63.0 Å². The summed E-state index contributed by atoms with van der Waals surface area (Å²) in [6, 6.07) is 11.2. The summed E-state index contributed by atoms with van der Waals surface area (Å²) in [7, 11) is 0. The Morgan fingerprint density at radius 3 is 2.02 bits per heavy atom. The number of hydrogen-bond donors (Lipinski definition) is 3. The van der Waals surface area contributed by atoms with Crippen LogP contribution in [0, 0.1) is 0 Å². The number of halogens is 3. The van der Waals surface area contributed by atoms with Crippen molar-refractivity contribution in [1.29, 1.82) is 0 Å². The number of anilines is 2. The number of alkyl halides is 3. The van der Waals surface area contributed by atoms with Gasteiger partial charge in [-0.25, -0.2) is 4.79 Å². The molecule has 0 bridgehead atoms. The summed E-state index contributed by atoms with van der Waals surface area (Å²) in [4.78, 5) is 44.6. The molecule has 0 spiro atoms. The van der Waals surface area contributed by atoms with Gasteiger partial charge in [0.25, 0.3) is 0 Å². The number of piperazine rings is 1. The Kier molecular flexibility index (Phi) is 13.5. The van der Waals surface area contributed by atoms with Gasteiger partial charge in [0.15, 0.2) is 0 Å². The molecule has 2 fully saturated rings. The fourth-order valence-electron chi connectivity index (χ4n) is 4.68. The van der Waals surface area contributed by atoms with E-state index in [1.807, 2.05) is 36.7 Å². The standard InChI is InChI=1S/C27H38N6O3.C2HF3O2/c34-26(29-11-3-16-32-18-20-33(21-19-32)24-9-12-28-13-10-24)27(35)30-23-5-7-25(8-6-23)36-22-4-17-31-14-1-2-15-31;3-2(4,5)1(6)7/h5-10,12-13H,1-4,11,14-22H2,(H,29,34)(H,30,35);(H,6,7). The fraction of sp³-hybridized carbons (Fsp3) is 0.517. The predicted molar refractivity (Wildman–Crippen MR) is 155 cm³/mol. The molecule has 4 rings (SSSR count). The zero-order valence-corrected chi connectivity index (χ0v) is 24.0. The molecule has 0 aliphatic carbocycles. The van der Waals surface area contributed by atoms with Gasteiger partial charge in [-0.1, -0.05) is 0 Å². The van der Waals surface area contributed by atoms with Crippen LogP contribution in [0.1, 0.15) is 25.7 Å². The van der Waals surface area contributed by atoms with Crippen LogP contribution in [0.5, 0.6) is 5.75 Å². The number of ether oxygens (including phenoxy) is 1. The highest BCUT2D eigenvalue weighted by Gasteiger charge is 2.38. The van der Waals surface area contributed by atoms with Crippen LogP contribution in [-0.2, 0) is 14.4 Å². The number of aliphatic carboxylic acids is 1. The third-order valence-corrected chi connectivity index (χ3v) is 6.98. The number of rotatable bonds is 11. The molecule has 43 heavy (non-hydrogen) atoms. The number of carboxylic acids is 1. The van der Waals surface area contributed by atoms with Gasteiger partial charge in [-0.15, -0.1) is 0 Å². The van der Waals surface area contributed by atoms with E-state index in [9.17, 15) is 22.8 Å². The molecule has 2 saturated heterocycles. The van der Waals surface area contributed by atoms with Crippen LogP contribution in [0.25, 0.3) is 0 Å². The number of carbonyl (C=O) groups excluding carboxylic acids is 2. The van der Waals surface area contributed by atoms with Crippen molar-refractivity contribution in [3.63, 3.8) is 0 Å². The maximum absolute atomic E-state index is 12.2. The number of benzene rings is 1. The van der Waals surface area contributed by atoms with Gasteiger partial charge in [-0.3, -0.25) is 19.5 Å². The van der Waals surface area contributed by atoms with Crippen molar-refractivity contribution in [3.8, 4) is 5.75 Å². The number of amides is 2. The predicted octanol–water partition coefficient (Wildman–Crippen LogP) is 2.85. The van der Waals surface area contributed by atoms with Crippen LogP contribution in [0.2, 0.25) is 0 Å². The monoisotopic (exact) mass is 608 g/mol. The largest absolute Gasteiger partial charge is 0.494 e. The van der Waals surface area contributed by atoms with E-state index in [1.54, 1.807) is 12.1 Å². The summed E-state index contributed by atoms with van der Waals surface area (Å²) in [5.41, 5.74) is 1.78. The topological polar surface area (TPSA) is 127 Å². The Balaban J connectivity index is 0.000000646. The molecule has 3 heterocycles. The Bertz CT molecular complexity index is 1140. The lowest BCUT2D eigenvalue weighted by Gasteiger charge is -2.36. The number of nitrogens with zero attached hydrogens (tertiary/aromatic N) is 4. The van der Waals surface area contributed by atoms with Crippen LogP contribution in [0.4, 0.5) is 24.5 Å². The molecular formula is C29H39F3N6O5. The first-order valence-electron chi connectivity index (χ1n) is 14.3. The molecule has 0 saturated carbocycles. The highest BCUT2D eigenvalue weighted by atomic mass is 19.4. The molecule has 2 aliphatic rings. The third kappa shape index (κ3) is 12.5. The van der Waals surface area contributed by atoms with Gasteiger partial charge in [0.2, 0.25) is 0 Å². The van der Waals surface area contributed by atoms with Crippen molar-refractivity contribution >= 4 is 29.2 Å². The van der Waals surface area contributed by atoms with Gasteiger partial charge < -0.3 is 30.3 Å². The normalized spacial score (nSPS) is 15.7. The average molecular weight is 609 g/mol. The highest BCUT2D eigenvalue weighted by Crippen LogP contribution is 2.17. The second-order valence-corrected chi connectivity index (χ2v) is 10.2. The van der Waals surface area contributed by atoms with E-state index in [1.165, 1.54) is 31.6 Å². The van der Waals surface area contributed by atoms with Crippen LogP contribution >= 0.6 is 0 Å². The van der Waals surface area contributed by atoms with Crippen LogP contribution in [0.15, 0.2) is 48.8 Å². The highest BCUT2D eigenvalue weighted by molar-refractivity contribution is 6.39. The molecule has 11 nitrogen and oxygen atoms in total. The molecule has 2 aliphatic heterocycles. The lowest BCUT2D eigenvalue weighted by atomic mass is 10.2. The quantitative estimate of drug-likeness (QED) is 0.261. The average Bonchev–Trinajstić information content (AvgIpc) is 3.52. The summed E-state index contributed by atoms with van der Waals surface area (Å²) in [5.74, 6) is -3.26. The van der Waals surface area contributed by atoms with Crippen LogP contribution in [0.3, 0.4) is 0 Å². The van der Waals surface area contributed by atoms with Gasteiger partial charge >= 0.3 is 24.0 Å². The third-order valence-electron chi connectivity index (χ3n) is 6.98. The second kappa shape index (κ2) is 17.3. The molecular weight excluding hydrogens is 569 g/mol. The number of carbonyl (C=O) groups is 3. The van der Waals surface area contributed by atoms with Crippen molar-refractivity contribution in [3.05, 3.63) is 48.8 Å². The van der Waals surface area contributed by atoms with Gasteiger partial charge in [-0.2, -0.15) is 13.2 Å². The van der Waals surface area contributed by atoms with Crippen molar-refractivity contribution in [2.45, 2.75) is 31.9 Å². The van der Waals surface area contributed by atoms with Crippen LogP contribution in [-0.4, -0.2) is 109 Å². The molecule has 2 aromatic rings. The van der Waals surface area contributed by atoms with Crippen molar-refractivity contribution in [2.75, 3.05) is 75.7 Å². The minimum absolute atomic E-state index is 0.473. The summed E-state index contributed by atoms with van der Waals surface area (Å²) in [5, 5.41) is 12.5. The summed E-state index contributed by atoms with van der Waals surface area (Å²) < 4.78 is 37.5. The minimum Gasteiger partial charge on any atom is -0.494 e. The molecule has 3 N–H and O–H groups in total. The molecule has 2 amide bonds. The van der Waals surface area contributed by atoms with Crippen LogP contribution < -0.4 is 20.3 Å². The molecule has 1 aromatic heterocycles. The van der Waals surface area contributed by atoms with E-state index in [0.29, 0.717) is 18.8 Å².